The molecular formula is C8H10O6. The summed E-state index contributed by atoms with van der Waals surface area (Å²) in [5.41, 5.74) is 0. The van der Waals surface area contributed by atoms with Gasteiger partial charge in [-0.05, 0) is 0 Å². The fraction of sp³-hybridized carbons (Fsp3) is 0.500. The minimum atomic E-state index is -0.653. The minimum absolute atomic E-state index is 0.161. The number of ether oxygens (including phenoxy) is 2. The molecule has 0 heterocycles. The summed E-state index contributed by atoms with van der Waals surface area (Å²) in [6.07, 6.45) is 0.544. The van der Waals surface area contributed by atoms with E-state index in [9.17, 15) is 19.2 Å². The van der Waals surface area contributed by atoms with Gasteiger partial charge in [-0.15, -0.1) is 0 Å². The highest BCUT2D eigenvalue weighted by molar-refractivity contribution is 5.78. The summed E-state index contributed by atoms with van der Waals surface area (Å²) in [6, 6.07) is 0. The lowest BCUT2D eigenvalue weighted by Crippen LogP contribution is -2.11. The molecule has 0 unspecified atom stereocenters. The van der Waals surface area contributed by atoms with E-state index in [0.29, 0.717) is 12.6 Å². The smallest absolute Gasteiger partial charge is 0.306 e. The summed E-state index contributed by atoms with van der Waals surface area (Å²) in [5, 5.41) is 0. The molecule has 0 fully saturated rings. The van der Waals surface area contributed by atoms with Gasteiger partial charge < -0.3 is 9.47 Å². The summed E-state index contributed by atoms with van der Waals surface area (Å²) < 4.78 is 8.72. The van der Waals surface area contributed by atoms with Gasteiger partial charge in [0.25, 0.3) is 0 Å². The average molecular weight is 202 g/mol. The molecule has 0 N–H and O–H groups in total. The highest BCUT2D eigenvalue weighted by Gasteiger charge is 2.08. The Kier molecular flexibility index (Phi) is 6.93. The van der Waals surface area contributed by atoms with Gasteiger partial charge in [0.2, 0.25) is 0 Å². The van der Waals surface area contributed by atoms with Crippen LogP contribution in [0.25, 0.3) is 0 Å². The molecule has 0 saturated carbocycles. The molecule has 0 aromatic rings. The van der Waals surface area contributed by atoms with Crippen molar-refractivity contribution in [1.82, 2.24) is 0 Å². The van der Waals surface area contributed by atoms with E-state index in [1.807, 2.05) is 0 Å². The molecule has 0 aliphatic heterocycles. The molecule has 0 amide bonds. The van der Waals surface area contributed by atoms with Crippen LogP contribution >= 0.6 is 0 Å². The van der Waals surface area contributed by atoms with Crippen LogP contribution < -0.4 is 0 Å². The zero-order valence-corrected chi connectivity index (χ0v) is 7.43. The molecule has 0 aromatic heterocycles. The first-order valence-electron chi connectivity index (χ1n) is 3.89. The molecule has 0 rings (SSSR count). The molecule has 0 spiro atoms. The SMILES string of the molecule is O=CCOC(=O)CCC(=O)OCC=O. The second kappa shape index (κ2) is 7.90. The van der Waals surface area contributed by atoms with Gasteiger partial charge in [-0.3, -0.25) is 19.2 Å². The molecule has 0 aliphatic carbocycles. The quantitative estimate of drug-likeness (QED) is 0.399. The standard InChI is InChI=1S/C8H10O6/c9-3-5-13-7(11)1-2-8(12)14-6-4-10/h3-4H,1-2,5-6H2. The van der Waals surface area contributed by atoms with Gasteiger partial charge in [-0.1, -0.05) is 0 Å². The van der Waals surface area contributed by atoms with Crippen molar-refractivity contribution in [3.63, 3.8) is 0 Å². The third kappa shape index (κ3) is 6.96. The van der Waals surface area contributed by atoms with E-state index < -0.39 is 11.9 Å². The van der Waals surface area contributed by atoms with Gasteiger partial charge in [0.15, 0.2) is 12.6 Å². The molecule has 6 heteroatoms. The van der Waals surface area contributed by atoms with Gasteiger partial charge in [0.1, 0.15) is 13.2 Å². The van der Waals surface area contributed by atoms with Crippen molar-refractivity contribution < 1.29 is 28.7 Å². The summed E-state index contributed by atoms with van der Waals surface area (Å²) in [4.78, 5) is 41.0. The van der Waals surface area contributed by atoms with Gasteiger partial charge in [-0.2, -0.15) is 0 Å². The third-order valence-electron chi connectivity index (χ3n) is 1.16. The summed E-state index contributed by atoms with van der Waals surface area (Å²) in [6.45, 7) is -0.634. The predicted octanol–water partition coefficient (Wildman–Crippen LogP) is -0.749. The number of hydrogen-bond acceptors (Lipinski definition) is 6. The Bertz CT molecular complexity index is 198. The van der Waals surface area contributed by atoms with E-state index in [1.165, 1.54) is 0 Å². The molecular weight excluding hydrogens is 192 g/mol. The van der Waals surface area contributed by atoms with E-state index in [4.69, 9.17) is 0 Å². The van der Waals surface area contributed by atoms with Crippen LogP contribution in [0.15, 0.2) is 0 Å². The van der Waals surface area contributed by atoms with Crippen molar-refractivity contribution >= 4 is 24.5 Å². The first-order chi connectivity index (χ1) is 6.70. The lowest BCUT2D eigenvalue weighted by atomic mass is 10.3. The van der Waals surface area contributed by atoms with Crippen molar-refractivity contribution in [2.24, 2.45) is 0 Å². The third-order valence-corrected chi connectivity index (χ3v) is 1.16. The number of carbonyl (C=O) groups excluding carboxylic acids is 4. The Labute approximate surface area is 80.2 Å². The first-order valence-corrected chi connectivity index (χ1v) is 3.89. The van der Waals surface area contributed by atoms with Crippen molar-refractivity contribution in [2.75, 3.05) is 13.2 Å². The lowest BCUT2D eigenvalue weighted by Gasteiger charge is -2.00. The zero-order valence-electron chi connectivity index (χ0n) is 7.43. The molecule has 0 bridgehead atoms. The zero-order chi connectivity index (χ0) is 10.8. The van der Waals surface area contributed by atoms with Crippen LogP contribution in [0.3, 0.4) is 0 Å². The van der Waals surface area contributed by atoms with E-state index >= 15 is 0 Å². The van der Waals surface area contributed by atoms with E-state index in [2.05, 4.69) is 9.47 Å². The second-order valence-corrected chi connectivity index (χ2v) is 2.20. The molecule has 6 nitrogen and oxygen atoms in total. The highest BCUT2D eigenvalue weighted by atomic mass is 16.5. The summed E-state index contributed by atoms with van der Waals surface area (Å²) in [5.74, 6) is -1.31. The Hall–Kier alpha value is -1.72. The van der Waals surface area contributed by atoms with Crippen molar-refractivity contribution in [1.29, 1.82) is 0 Å². The van der Waals surface area contributed by atoms with Crippen LogP contribution in [0.1, 0.15) is 12.8 Å². The summed E-state index contributed by atoms with van der Waals surface area (Å²) in [7, 11) is 0. The summed E-state index contributed by atoms with van der Waals surface area (Å²) >= 11 is 0. The normalized spacial score (nSPS) is 8.86. The Balaban J connectivity index is 3.50. The molecule has 0 saturated heterocycles. The number of esters is 2. The van der Waals surface area contributed by atoms with Gasteiger partial charge in [-0.25, -0.2) is 0 Å². The molecule has 0 aromatic carbocycles. The topological polar surface area (TPSA) is 86.7 Å². The number of aldehydes is 2. The lowest BCUT2D eigenvalue weighted by molar-refractivity contribution is -0.151. The van der Waals surface area contributed by atoms with Gasteiger partial charge >= 0.3 is 11.9 Å². The van der Waals surface area contributed by atoms with E-state index in [-0.39, 0.29) is 26.1 Å². The van der Waals surface area contributed by atoms with Crippen LogP contribution in [0.5, 0.6) is 0 Å². The number of hydrogen-bond donors (Lipinski definition) is 0. The Morgan fingerprint density at radius 1 is 0.857 bits per heavy atom. The average Bonchev–Trinajstić information content (AvgIpc) is 2.20. The maximum absolute atomic E-state index is 10.7. The second-order valence-electron chi connectivity index (χ2n) is 2.20. The maximum Gasteiger partial charge on any atom is 0.306 e. The van der Waals surface area contributed by atoms with Gasteiger partial charge in [0, 0.05) is 0 Å². The van der Waals surface area contributed by atoms with Crippen LogP contribution in [-0.2, 0) is 28.7 Å². The fourth-order valence-electron chi connectivity index (χ4n) is 0.602. The van der Waals surface area contributed by atoms with Crippen molar-refractivity contribution in [3.8, 4) is 0 Å². The van der Waals surface area contributed by atoms with E-state index in [0.717, 1.165) is 0 Å². The van der Waals surface area contributed by atoms with Crippen LogP contribution in [-0.4, -0.2) is 37.7 Å². The predicted molar refractivity (Wildman–Crippen MR) is 43.3 cm³/mol. The number of rotatable bonds is 7. The van der Waals surface area contributed by atoms with Crippen molar-refractivity contribution in [2.45, 2.75) is 12.8 Å². The monoisotopic (exact) mass is 202 g/mol. The maximum atomic E-state index is 10.7. The minimum Gasteiger partial charge on any atom is -0.458 e. The molecule has 0 radical (unpaired) electrons. The fourth-order valence-corrected chi connectivity index (χ4v) is 0.602. The first kappa shape index (κ1) is 12.3. The number of carbonyl (C=O) groups is 4. The Morgan fingerprint density at radius 3 is 1.50 bits per heavy atom. The molecule has 78 valence electrons. The highest BCUT2D eigenvalue weighted by Crippen LogP contribution is 1.94. The Morgan fingerprint density at radius 2 is 1.21 bits per heavy atom. The van der Waals surface area contributed by atoms with Crippen LogP contribution in [0.4, 0.5) is 0 Å². The largest absolute Gasteiger partial charge is 0.458 e. The molecule has 0 atom stereocenters. The van der Waals surface area contributed by atoms with Gasteiger partial charge in [0.05, 0.1) is 12.8 Å². The molecule has 14 heavy (non-hydrogen) atoms. The molecule has 0 aliphatic rings. The van der Waals surface area contributed by atoms with E-state index in [1.54, 1.807) is 0 Å². The van der Waals surface area contributed by atoms with Crippen molar-refractivity contribution in [3.05, 3.63) is 0 Å². The van der Waals surface area contributed by atoms with Crippen LogP contribution in [0, 0.1) is 0 Å². The van der Waals surface area contributed by atoms with Crippen LogP contribution in [0.2, 0.25) is 0 Å².